The molecule has 6 heteroatoms. The Kier molecular flexibility index (Phi) is 2.84. The first kappa shape index (κ1) is 9.50. The molecule has 1 atom stereocenters. The maximum Gasteiger partial charge on any atom is 0.309 e. The number of hydrogen-bond donors (Lipinski definition) is 3. The van der Waals surface area contributed by atoms with Gasteiger partial charge < -0.3 is 16.4 Å². The summed E-state index contributed by atoms with van der Waals surface area (Å²) in [6, 6.07) is -0.0733. The summed E-state index contributed by atoms with van der Waals surface area (Å²) in [4.78, 5) is 31.7. The van der Waals surface area contributed by atoms with Gasteiger partial charge in [0.25, 0.3) is 0 Å². The number of carbonyl (C=O) groups is 3. The van der Waals surface area contributed by atoms with Crippen LogP contribution in [0.15, 0.2) is 0 Å². The Morgan fingerprint density at radius 1 is 1.62 bits per heavy atom. The minimum Gasteiger partial charge on any atom is -0.361 e. The smallest absolute Gasteiger partial charge is 0.309 e. The topological polar surface area (TPSA) is 101 Å². The molecule has 1 fully saturated rings. The van der Waals surface area contributed by atoms with Gasteiger partial charge in [0.05, 0.1) is 0 Å². The molecule has 0 aromatic carbocycles. The zero-order chi connectivity index (χ0) is 9.84. The molecule has 3 amide bonds. The molecule has 1 saturated heterocycles. The third kappa shape index (κ3) is 2.73. The Labute approximate surface area is 74.8 Å². The Balaban J connectivity index is 2.23. The van der Waals surface area contributed by atoms with Crippen LogP contribution in [-0.2, 0) is 14.4 Å². The normalized spacial score (nSPS) is 20.9. The van der Waals surface area contributed by atoms with Crippen molar-refractivity contribution >= 4 is 17.7 Å². The summed E-state index contributed by atoms with van der Waals surface area (Å²) in [7, 11) is 0. The molecule has 0 aromatic heterocycles. The third-order valence-corrected chi connectivity index (χ3v) is 1.82. The second kappa shape index (κ2) is 3.88. The molecule has 1 aliphatic rings. The SMILES string of the molecule is NC(=O)C(=O)NCC1CCC(=O)N1. The Bertz CT molecular complexity index is 251. The van der Waals surface area contributed by atoms with Crippen LogP contribution in [0.4, 0.5) is 0 Å². The van der Waals surface area contributed by atoms with Crippen molar-refractivity contribution in [3.63, 3.8) is 0 Å². The number of rotatable bonds is 2. The lowest BCUT2D eigenvalue weighted by Gasteiger charge is -2.09. The highest BCUT2D eigenvalue weighted by molar-refractivity contribution is 6.34. The van der Waals surface area contributed by atoms with Gasteiger partial charge in [-0.05, 0) is 6.42 Å². The van der Waals surface area contributed by atoms with Crippen molar-refractivity contribution in [2.45, 2.75) is 18.9 Å². The van der Waals surface area contributed by atoms with Crippen LogP contribution in [0.25, 0.3) is 0 Å². The van der Waals surface area contributed by atoms with Crippen molar-refractivity contribution in [1.29, 1.82) is 0 Å². The summed E-state index contributed by atoms with van der Waals surface area (Å²) in [5, 5.41) is 4.96. The molecule has 0 aliphatic carbocycles. The first-order valence-electron chi connectivity index (χ1n) is 3.96. The quantitative estimate of drug-likeness (QED) is 0.428. The lowest BCUT2D eigenvalue weighted by atomic mass is 10.2. The van der Waals surface area contributed by atoms with Crippen LogP contribution in [0.5, 0.6) is 0 Å². The molecule has 0 bridgehead atoms. The van der Waals surface area contributed by atoms with Gasteiger partial charge in [-0.1, -0.05) is 0 Å². The van der Waals surface area contributed by atoms with Gasteiger partial charge in [0.15, 0.2) is 0 Å². The number of hydrogen-bond acceptors (Lipinski definition) is 3. The van der Waals surface area contributed by atoms with Gasteiger partial charge in [-0.2, -0.15) is 0 Å². The largest absolute Gasteiger partial charge is 0.361 e. The van der Waals surface area contributed by atoms with Gasteiger partial charge in [-0.15, -0.1) is 0 Å². The van der Waals surface area contributed by atoms with E-state index in [1.807, 2.05) is 0 Å². The molecule has 6 nitrogen and oxygen atoms in total. The molecule has 1 unspecified atom stereocenters. The van der Waals surface area contributed by atoms with Crippen LogP contribution in [0, 0.1) is 0 Å². The van der Waals surface area contributed by atoms with Crippen LogP contribution in [0.3, 0.4) is 0 Å². The summed E-state index contributed by atoms with van der Waals surface area (Å²) < 4.78 is 0. The zero-order valence-corrected chi connectivity index (χ0v) is 7.00. The number of carbonyl (C=O) groups excluding carboxylic acids is 3. The fraction of sp³-hybridized carbons (Fsp3) is 0.571. The van der Waals surface area contributed by atoms with Crippen molar-refractivity contribution in [1.82, 2.24) is 10.6 Å². The minimum absolute atomic E-state index is 0.0293. The molecular weight excluding hydrogens is 174 g/mol. The van der Waals surface area contributed by atoms with E-state index in [1.165, 1.54) is 0 Å². The Morgan fingerprint density at radius 3 is 2.77 bits per heavy atom. The minimum atomic E-state index is -1.01. The maximum atomic E-state index is 10.7. The Morgan fingerprint density at radius 2 is 2.31 bits per heavy atom. The van der Waals surface area contributed by atoms with E-state index in [0.29, 0.717) is 12.8 Å². The molecule has 1 aliphatic heterocycles. The van der Waals surface area contributed by atoms with Crippen LogP contribution in [-0.4, -0.2) is 30.3 Å². The molecule has 0 spiro atoms. The molecule has 72 valence electrons. The van der Waals surface area contributed by atoms with Gasteiger partial charge in [0.1, 0.15) is 0 Å². The van der Waals surface area contributed by atoms with Crippen molar-refractivity contribution in [3.8, 4) is 0 Å². The van der Waals surface area contributed by atoms with Crippen molar-refractivity contribution in [3.05, 3.63) is 0 Å². The van der Waals surface area contributed by atoms with Crippen LogP contribution >= 0.6 is 0 Å². The number of nitrogens with one attached hydrogen (secondary N) is 2. The van der Waals surface area contributed by atoms with Crippen LogP contribution in [0.2, 0.25) is 0 Å². The molecule has 13 heavy (non-hydrogen) atoms. The summed E-state index contributed by atoms with van der Waals surface area (Å²) in [5.41, 5.74) is 4.71. The summed E-state index contributed by atoms with van der Waals surface area (Å²) in [6.07, 6.45) is 1.15. The zero-order valence-electron chi connectivity index (χ0n) is 7.00. The van der Waals surface area contributed by atoms with Crippen molar-refractivity contribution in [2.24, 2.45) is 5.73 Å². The summed E-state index contributed by atoms with van der Waals surface area (Å²) in [5.74, 6) is -1.86. The molecule has 1 rings (SSSR count). The molecular formula is C7H11N3O3. The van der Waals surface area contributed by atoms with E-state index >= 15 is 0 Å². The fourth-order valence-corrected chi connectivity index (χ4v) is 1.13. The lowest BCUT2D eigenvalue weighted by Crippen LogP contribution is -2.43. The van der Waals surface area contributed by atoms with E-state index in [4.69, 9.17) is 5.73 Å². The van der Waals surface area contributed by atoms with E-state index in [-0.39, 0.29) is 18.5 Å². The van der Waals surface area contributed by atoms with Gasteiger partial charge in [0, 0.05) is 19.0 Å². The molecule has 0 aromatic rings. The van der Waals surface area contributed by atoms with E-state index in [0.717, 1.165) is 0 Å². The maximum absolute atomic E-state index is 10.7. The van der Waals surface area contributed by atoms with Crippen LogP contribution < -0.4 is 16.4 Å². The second-order valence-electron chi connectivity index (χ2n) is 2.88. The van der Waals surface area contributed by atoms with Gasteiger partial charge in [-0.25, -0.2) is 0 Å². The van der Waals surface area contributed by atoms with Crippen molar-refractivity contribution < 1.29 is 14.4 Å². The molecule has 0 radical (unpaired) electrons. The van der Waals surface area contributed by atoms with E-state index < -0.39 is 11.8 Å². The first-order valence-corrected chi connectivity index (χ1v) is 3.96. The summed E-state index contributed by atoms with van der Waals surface area (Å²) in [6.45, 7) is 0.257. The number of amides is 3. The summed E-state index contributed by atoms with van der Waals surface area (Å²) >= 11 is 0. The number of nitrogens with two attached hydrogens (primary N) is 1. The monoisotopic (exact) mass is 185 g/mol. The van der Waals surface area contributed by atoms with Crippen molar-refractivity contribution in [2.75, 3.05) is 6.54 Å². The average Bonchev–Trinajstić information content (AvgIpc) is 2.47. The highest BCUT2D eigenvalue weighted by Crippen LogP contribution is 2.04. The van der Waals surface area contributed by atoms with E-state index in [9.17, 15) is 14.4 Å². The first-order chi connectivity index (χ1) is 6.09. The lowest BCUT2D eigenvalue weighted by molar-refractivity contribution is -0.137. The van der Waals surface area contributed by atoms with Crippen LogP contribution in [0.1, 0.15) is 12.8 Å². The predicted octanol–water partition coefficient (Wildman–Crippen LogP) is -2.13. The molecule has 4 N–H and O–H groups in total. The molecule has 1 heterocycles. The van der Waals surface area contributed by atoms with Gasteiger partial charge in [0.2, 0.25) is 5.91 Å². The molecule has 0 saturated carbocycles. The van der Waals surface area contributed by atoms with E-state index in [2.05, 4.69) is 10.6 Å². The number of primary amides is 1. The van der Waals surface area contributed by atoms with Gasteiger partial charge >= 0.3 is 11.8 Å². The third-order valence-electron chi connectivity index (χ3n) is 1.82. The standard InChI is InChI=1S/C7H11N3O3/c8-6(12)7(13)9-3-4-1-2-5(11)10-4/h4H,1-3H2,(H2,8,12)(H,9,13)(H,10,11). The fourth-order valence-electron chi connectivity index (χ4n) is 1.13. The average molecular weight is 185 g/mol. The Hall–Kier alpha value is -1.59. The second-order valence-corrected chi connectivity index (χ2v) is 2.88. The highest BCUT2D eigenvalue weighted by atomic mass is 16.2. The van der Waals surface area contributed by atoms with E-state index in [1.54, 1.807) is 0 Å². The van der Waals surface area contributed by atoms with Gasteiger partial charge in [-0.3, -0.25) is 14.4 Å². The highest BCUT2D eigenvalue weighted by Gasteiger charge is 2.21. The predicted molar refractivity (Wildman–Crippen MR) is 43.4 cm³/mol.